The van der Waals surface area contributed by atoms with Gasteiger partial charge in [-0.05, 0) is 0 Å². The molecule has 90 valence electrons. The first kappa shape index (κ1) is 15.4. The molecule has 0 aromatic heterocycles. The molecular formula is C10H12Br2O4. The molecule has 0 saturated carbocycles. The summed E-state index contributed by atoms with van der Waals surface area (Å²) in [5, 5.41) is 0.706. The molecule has 0 aromatic rings. The first-order chi connectivity index (χ1) is 7.52. The van der Waals surface area contributed by atoms with Crippen LogP contribution in [0.25, 0.3) is 0 Å². The van der Waals surface area contributed by atoms with Crippen LogP contribution in [-0.4, -0.2) is 35.8 Å². The Labute approximate surface area is 111 Å². The summed E-state index contributed by atoms with van der Waals surface area (Å²) in [6.45, 7) is 6.97. The van der Waals surface area contributed by atoms with Gasteiger partial charge in [0.15, 0.2) is 0 Å². The Morgan fingerprint density at radius 2 is 1.19 bits per heavy atom. The molecule has 0 rings (SSSR count). The highest BCUT2D eigenvalue weighted by atomic mass is 79.9. The SMILES string of the molecule is C=C(CBr)C(=O)OCCOC(=O)C(=C)CBr. The largest absolute Gasteiger partial charge is 0.459 e. The number of carbonyl (C=O) groups excluding carboxylic acids is 2. The Morgan fingerprint density at radius 1 is 0.875 bits per heavy atom. The van der Waals surface area contributed by atoms with Crippen molar-refractivity contribution in [3.05, 3.63) is 24.3 Å². The molecule has 0 aliphatic heterocycles. The van der Waals surface area contributed by atoms with Crippen LogP contribution in [0.4, 0.5) is 0 Å². The van der Waals surface area contributed by atoms with E-state index in [0.29, 0.717) is 21.8 Å². The minimum Gasteiger partial charge on any atom is -0.459 e. The second kappa shape index (κ2) is 8.52. The van der Waals surface area contributed by atoms with Crippen molar-refractivity contribution in [2.24, 2.45) is 0 Å². The molecule has 0 aliphatic carbocycles. The lowest BCUT2D eigenvalue weighted by Crippen LogP contribution is -2.16. The molecule has 6 heteroatoms. The molecule has 16 heavy (non-hydrogen) atoms. The lowest BCUT2D eigenvalue weighted by molar-refractivity contribution is -0.147. The van der Waals surface area contributed by atoms with Gasteiger partial charge < -0.3 is 9.47 Å². The first-order valence-corrected chi connectivity index (χ1v) is 6.59. The molecule has 0 atom stereocenters. The normalized spacial score (nSPS) is 9.38. The van der Waals surface area contributed by atoms with E-state index in [0.717, 1.165) is 0 Å². The monoisotopic (exact) mass is 354 g/mol. The smallest absolute Gasteiger partial charge is 0.334 e. The molecule has 0 unspecified atom stereocenters. The number of halogens is 2. The quantitative estimate of drug-likeness (QED) is 0.303. The Bertz CT molecular complexity index is 269. The van der Waals surface area contributed by atoms with Crippen LogP contribution in [0.15, 0.2) is 24.3 Å². The fraction of sp³-hybridized carbons (Fsp3) is 0.400. The van der Waals surface area contributed by atoms with Crippen LogP contribution in [0.1, 0.15) is 0 Å². The van der Waals surface area contributed by atoms with Gasteiger partial charge in [0, 0.05) is 21.8 Å². The first-order valence-electron chi connectivity index (χ1n) is 4.34. The van der Waals surface area contributed by atoms with Crippen molar-refractivity contribution in [1.29, 1.82) is 0 Å². The molecule has 4 nitrogen and oxygen atoms in total. The zero-order valence-electron chi connectivity index (χ0n) is 8.63. The zero-order chi connectivity index (χ0) is 12.6. The van der Waals surface area contributed by atoms with Crippen molar-refractivity contribution in [3.8, 4) is 0 Å². The van der Waals surface area contributed by atoms with Crippen LogP contribution >= 0.6 is 31.9 Å². The van der Waals surface area contributed by atoms with E-state index in [1.165, 1.54) is 0 Å². The third-order valence-electron chi connectivity index (χ3n) is 1.45. The molecule has 0 aromatic carbocycles. The molecule has 0 aliphatic rings. The van der Waals surface area contributed by atoms with E-state index < -0.39 is 11.9 Å². The Balaban J connectivity index is 3.69. The van der Waals surface area contributed by atoms with E-state index >= 15 is 0 Å². The maximum Gasteiger partial charge on any atom is 0.334 e. The van der Waals surface area contributed by atoms with Crippen LogP contribution in [0.3, 0.4) is 0 Å². The number of carbonyl (C=O) groups is 2. The van der Waals surface area contributed by atoms with Crippen molar-refractivity contribution >= 4 is 43.8 Å². The maximum absolute atomic E-state index is 11.1. The molecular weight excluding hydrogens is 344 g/mol. The van der Waals surface area contributed by atoms with Crippen molar-refractivity contribution in [3.63, 3.8) is 0 Å². The van der Waals surface area contributed by atoms with Gasteiger partial charge in [-0.25, -0.2) is 9.59 Å². The summed E-state index contributed by atoms with van der Waals surface area (Å²) in [6.07, 6.45) is 0. The number of hydrogen-bond acceptors (Lipinski definition) is 4. The number of ether oxygens (including phenoxy) is 2. The van der Waals surface area contributed by atoms with Gasteiger partial charge in [0.1, 0.15) is 13.2 Å². The molecule has 0 heterocycles. The molecule has 0 radical (unpaired) electrons. The fourth-order valence-corrected chi connectivity index (χ4v) is 1.04. The Kier molecular flexibility index (Phi) is 8.19. The van der Waals surface area contributed by atoms with Crippen molar-refractivity contribution < 1.29 is 19.1 Å². The van der Waals surface area contributed by atoms with E-state index in [9.17, 15) is 9.59 Å². The second-order valence-corrected chi connectivity index (χ2v) is 3.87. The summed E-state index contributed by atoms with van der Waals surface area (Å²) in [7, 11) is 0. The molecule has 0 amide bonds. The highest BCUT2D eigenvalue weighted by Gasteiger charge is 2.09. The van der Waals surface area contributed by atoms with Crippen molar-refractivity contribution in [2.45, 2.75) is 0 Å². The van der Waals surface area contributed by atoms with Gasteiger partial charge in [-0.2, -0.15) is 0 Å². The minimum absolute atomic E-state index is 0.00611. The van der Waals surface area contributed by atoms with Gasteiger partial charge in [-0.3, -0.25) is 0 Å². The van der Waals surface area contributed by atoms with Crippen LogP contribution in [0.2, 0.25) is 0 Å². The molecule has 0 saturated heterocycles. The van der Waals surface area contributed by atoms with Gasteiger partial charge in [-0.1, -0.05) is 45.0 Å². The van der Waals surface area contributed by atoms with Gasteiger partial charge >= 0.3 is 11.9 Å². The standard InChI is InChI=1S/C10H12Br2O4/c1-7(5-11)9(13)15-3-4-16-10(14)8(2)6-12/h1-6H2. The molecule has 0 bridgehead atoms. The third-order valence-corrected chi connectivity index (χ3v) is 2.80. The summed E-state index contributed by atoms with van der Waals surface area (Å²) >= 11 is 6.15. The minimum atomic E-state index is -0.507. The highest BCUT2D eigenvalue weighted by molar-refractivity contribution is 9.09. The molecule has 0 N–H and O–H groups in total. The zero-order valence-corrected chi connectivity index (χ0v) is 11.8. The number of alkyl halides is 2. The highest BCUT2D eigenvalue weighted by Crippen LogP contribution is 2.01. The summed E-state index contributed by atoms with van der Waals surface area (Å²) in [5.41, 5.74) is 0.632. The van der Waals surface area contributed by atoms with Gasteiger partial charge in [-0.15, -0.1) is 0 Å². The van der Waals surface area contributed by atoms with Crippen molar-refractivity contribution in [2.75, 3.05) is 23.9 Å². The Morgan fingerprint density at radius 3 is 1.44 bits per heavy atom. The van der Waals surface area contributed by atoms with Gasteiger partial charge in [0.25, 0.3) is 0 Å². The third kappa shape index (κ3) is 6.07. The van der Waals surface area contributed by atoms with E-state index in [2.05, 4.69) is 45.0 Å². The van der Waals surface area contributed by atoms with E-state index in [1.54, 1.807) is 0 Å². The number of hydrogen-bond donors (Lipinski definition) is 0. The molecule has 0 spiro atoms. The topological polar surface area (TPSA) is 52.6 Å². The van der Waals surface area contributed by atoms with E-state index in [1.807, 2.05) is 0 Å². The van der Waals surface area contributed by atoms with Crippen LogP contribution < -0.4 is 0 Å². The van der Waals surface area contributed by atoms with Crippen LogP contribution in [0, 0.1) is 0 Å². The lowest BCUT2D eigenvalue weighted by Gasteiger charge is -2.06. The van der Waals surface area contributed by atoms with Gasteiger partial charge in [0.2, 0.25) is 0 Å². The van der Waals surface area contributed by atoms with E-state index in [4.69, 9.17) is 9.47 Å². The van der Waals surface area contributed by atoms with Crippen molar-refractivity contribution in [1.82, 2.24) is 0 Å². The lowest BCUT2D eigenvalue weighted by atomic mass is 10.4. The van der Waals surface area contributed by atoms with Gasteiger partial charge in [0.05, 0.1) is 0 Å². The second-order valence-electron chi connectivity index (χ2n) is 2.75. The maximum atomic E-state index is 11.1. The number of esters is 2. The Hall–Kier alpha value is -0.620. The summed E-state index contributed by atoms with van der Waals surface area (Å²) in [5.74, 6) is -1.01. The summed E-state index contributed by atoms with van der Waals surface area (Å²) < 4.78 is 9.54. The van der Waals surface area contributed by atoms with Crippen LogP contribution in [-0.2, 0) is 19.1 Å². The fourth-order valence-electron chi connectivity index (χ4n) is 0.582. The predicted octanol–water partition coefficient (Wildman–Crippen LogP) is 1.98. The predicted molar refractivity (Wildman–Crippen MR) is 67.8 cm³/mol. The molecule has 0 fully saturated rings. The average molecular weight is 356 g/mol. The summed E-state index contributed by atoms with van der Waals surface area (Å²) in [4.78, 5) is 22.2. The average Bonchev–Trinajstić information content (AvgIpc) is 2.31. The number of rotatable bonds is 7. The van der Waals surface area contributed by atoms with Crippen LogP contribution in [0.5, 0.6) is 0 Å². The summed E-state index contributed by atoms with van der Waals surface area (Å²) in [6, 6.07) is 0. The van der Waals surface area contributed by atoms with E-state index in [-0.39, 0.29) is 13.2 Å².